The average molecular weight is 450 g/mol. The molecular formula is C25H28FN5O2. The van der Waals surface area contributed by atoms with Gasteiger partial charge in [-0.25, -0.2) is 14.4 Å². The molecule has 33 heavy (non-hydrogen) atoms. The molecule has 4 rings (SSSR count). The van der Waals surface area contributed by atoms with Gasteiger partial charge in [0.05, 0.1) is 11.1 Å². The van der Waals surface area contributed by atoms with E-state index in [2.05, 4.69) is 52.3 Å². The minimum Gasteiger partial charge on any atom is -0.421 e. The summed E-state index contributed by atoms with van der Waals surface area (Å²) in [5.41, 5.74) is 2.00. The van der Waals surface area contributed by atoms with E-state index >= 15 is 0 Å². The highest BCUT2D eigenvalue weighted by molar-refractivity contribution is 5.93. The van der Waals surface area contributed by atoms with Crippen LogP contribution in [0.3, 0.4) is 0 Å². The van der Waals surface area contributed by atoms with E-state index in [1.165, 1.54) is 30.4 Å². The Morgan fingerprint density at radius 3 is 2.70 bits per heavy atom. The lowest BCUT2D eigenvalue weighted by atomic mass is 9.70. The molecule has 0 bridgehead atoms. The van der Waals surface area contributed by atoms with Gasteiger partial charge in [-0.3, -0.25) is 4.79 Å². The van der Waals surface area contributed by atoms with Crippen molar-refractivity contribution in [1.29, 1.82) is 0 Å². The Hall–Kier alpha value is -3.42. The van der Waals surface area contributed by atoms with Crippen molar-refractivity contribution in [2.45, 2.75) is 33.6 Å². The Labute approximate surface area is 192 Å². The maximum atomic E-state index is 14.1. The van der Waals surface area contributed by atoms with Gasteiger partial charge >= 0.3 is 0 Å². The smallest absolute Gasteiger partial charge is 0.254 e. The first-order valence-electron chi connectivity index (χ1n) is 11.2. The van der Waals surface area contributed by atoms with Crippen LogP contribution < -0.4 is 5.32 Å². The third-order valence-electron chi connectivity index (χ3n) is 6.40. The molecule has 7 nitrogen and oxygen atoms in total. The largest absolute Gasteiger partial charge is 0.421 e. The summed E-state index contributed by atoms with van der Waals surface area (Å²) >= 11 is 0. The van der Waals surface area contributed by atoms with Crippen molar-refractivity contribution >= 4 is 5.91 Å². The fourth-order valence-electron chi connectivity index (χ4n) is 4.53. The standard InChI is InChI=1S/C25H28FN5O2/c1-15(2)21-9-17(10-23-30-31-25(33-23)20-6-4-5-7-22(20)26)16(3)8-18(21)13-29-24(32)19-11-27-14-28-12-19/h4-8,11-12,14-15,17-18,21H,9-10,13H2,1-3H3,(H,29,32)/t17-,18-,21-/m0/s1. The van der Waals surface area contributed by atoms with Gasteiger partial charge < -0.3 is 9.73 Å². The van der Waals surface area contributed by atoms with Crippen LogP contribution in [-0.2, 0) is 6.42 Å². The first-order valence-corrected chi connectivity index (χ1v) is 11.2. The zero-order chi connectivity index (χ0) is 23.4. The van der Waals surface area contributed by atoms with Crippen LogP contribution in [-0.4, -0.2) is 32.6 Å². The normalized spacial score (nSPS) is 20.5. The Bertz CT molecular complexity index is 1130. The van der Waals surface area contributed by atoms with E-state index in [1.54, 1.807) is 18.2 Å². The molecule has 0 aliphatic heterocycles. The quantitative estimate of drug-likeness (QED) is 0.534. The minimum absolute atomic E-state index is 0.169. The number of hydrogen-bond donors (Lipinski definition) is 1. The number of carbonyl (C=O) groups is 1. The van der Waals surface area contributed by atoms with Gasteiger partial charge in [-0.1, -0.05) is 37.6 Å². The van der Waals surface area contributed by atoms with Crippen molar-refractivity contribution in [3.8, 4) is 11.5 Å². The van der Waals surface area contributed by atoms with Crippen LogP contribution in [0.15, 0.2) is 59.1 Å². The molecule has 0 spiro atoms. The lowest BCUT2D eigenvalue weighted by Gasteiger charge is -2.37. The molecule has 1 aliphatic carbocycles. The number of nitrogens with zero attached hydrogens (tertiary/aromatic N) is 4. The van der Waals surface area contributed by atoms with Gasteiger partial charge in [0.25, 0.3) is 11.8 Å². The summed E-state index contributed by atoms with van der Waals surface area (Å²) in [6, 6.07) is 6.38. The summed E-state index contributed by atoms with van der Waals surface area (Å²) in [5, 5.41) is 11.2. The van der Waals surface area contributed by atoms with Gasteiger partial charge in [0, 0.05) is 25.4 Å². The molecule has 2 aromatic heterocycles. The van der Waals surface area contributed by atoms with Gasteiger partial charge in [0.2, 0.25) is 5.89 Å². The second kappa shape index (κ2) is 10.0. The number of hydrogen-bond acceptors (Lipinski definition) is 6. The first kappa shape index (κ1) is 22.8. The highest BCUT2D eigenvalue weighted by atomic mass is 19.1. The van der Waals surface area contributed by atoms with Crippen molar-refractivity contribution in [3.63, 3.8) is 0 Å². The number of aromatic nitrogens is 4. The number of nitrogens with one attached hydrogen (secondary N) is 1. The molecule has 0 unspecified atom stereocenters. The predicted octanol–water partition coefficient (Wildman–Crippen LogP) is 4.49. The molecule has 172 valence electrons. The molecule has 3 atom stereocenters. The fourth-order valence-corrected chi connectivity index (χ4v) is 4.53. The molecule has 1 amide bonds. The van der Waals surface area contributed by atoms with E-state index in [-0.39, 0.29) is 29.5 Å². The van der Waals surface area contributed by atoms with Gasteiger partial charge in [0.15, 0.2) is 0 Å². The van der Waals surface area contributed by atoms with E-state index in [0.29, 0.717) is 41.8 Å². The lowest BCUT2D eigenvalue weighted by molar-refractivity contribution is 0.0938. The third-order valence-corrected chi connectivity index (χ3v) is 6.40. The molecule has 0 saturated heterocycles. The Balaban J connectivity index is 1.44. The van der Waals surface area contributed by atoms with Crippen molar-refractivity contribution in [1.82, 2.24) is 25.5 Å². The molecule has 0 radical (unpaired) electrons. The van der Waals surface area contributed by atoms with Gasteiger partial charge in [0.1, 0.15) is 12.1 Å². The summed E-state index contributed by atoms with van der Waals surface area (Å²) < 4.78 is 19.8. The number of benzene rings is 1. The molecule has 3 aromatic rings. The minimum atomic E-state index is -0.381. The van der Waals surface area contributed by atoms with E-state index in [4.69, 9.17) is 4.42 Å². The lowest BCUT2D eigenvalue weighted by Crippen LogP contribution is -2.37. The van der Waals surface area contributed by atoms with Crippen LogP contribution in [0.5, 0.6) is 0 Å². The Morgan fingerprint density at radius 1 is 1.21 bits per heavy atom. The Morgan fingerprint density at radius 2 is 1.97 bits per heavy atom. The topological polar surface area (TPSA) is 93.8 Å². The summed E-state index contributed by atoms with van der Waals surface area (Å²) in [6.07, 6.45) is 8.25. The van der Waals surface area contributed by atoms with Crippen molar-refractivity contribution in [2.75, 3.05) is 6.54 Å². The number of allylic oxidation sites excluding steroid dienone is 1. The van der Waals surface area contributed by atoms with Crippen LogP contribution in [0.25, 0.3) is 11.5 Å². The fraction of sp³-hybridized carbons (Fsp3) is 0.400. The van der Waals surface area contributed by atoms with Crippen LogP contribution in [0.2, 0.25) is 0 Å². The molecule has 0 fully saturated rings. The summed E-state index contributed by atoms with van der Waals surface area (Å²) in [5.74, 6) is 1.46. The molecule has 8 heteroatoms. The Kier molecular flexibility index (Phi) is 6.91. The summed E-state index contributed by atoms with van der Waals surface area (Å²) in [4.78, 5) is 20.2. The SMILES string of the molecule is CC1=C[C@@H](CNC(=O)c2cncnc2)[C@H](C(C)C)C[C@H]1Cc1nnc(-c2ccccc2F)o1. The zero-order valence-corrected chi connectivity index (χ0v) is 19.0. The maximum absolute atomic E-state index is 14.1. The van der Waals surface area contributed by atoms with Crippen LogP contribution in [0.4, 0.5) is 4.39 Å². The second-order valence-electron chi connectivity index (χ2n) is 8.94. The predicted molar refractivity (Wildman–Crippen MR) is 121 cm³/mol. The van der Waals surface area contributed by atoms with E-state index < -0.39 is 0 Å². The van der Waals surface area contributed by atoms with Crippen LogP contribution in [0.1, 0.15) is 43.4 Å². The van der Waals surface area contributed by atoms with Gasteiger partial charge in [-0.2, -0.15) is 0 Å². The van der Waals surface area contributed by atoms with E-state index in [0.717, 1.165) is 6.42 Å². The monoisotopic (exact) mass is 449 g/mol. The third kappa shape index (κ3) is 5.32. The summed E-state index contributed by atoms with van der Waals surface area (Å²) in [7, 11) is 0. The van der Waals surface area contributed by atoms with E-state index in [9.17, 15) is 9.18 Å². The maximum Gasteiger partial charge on any atom is 0.254 e. The van der Waals surface area contributed by atoms with Gasteiger partial charge in [-0.05, 0) is 49.1 Å². The van der Waals surface area contributed by atoms with E-state index in [1.807, 2.05) is 0 Å². The molecular weight excluding hydrogens is 421 g/mol. The first-order chi connectivity index (χ1) is 15.9. The second-order valence-corrected chi connectivity index (χ2v) is 8.94. The average Bonchev–Trinajstić information content (AvgIpc) is 3.28. The van der Waals surface area contributed by atoms with Gasteiger partial charge in [-0.15, -0.1) is 10.2 Å². The van der Waals surface area contributed by atoms with Crippen LogP contribution in [0, 0.1) is 29.5 Å². The summed E-state index contributed by atoms with van der Waals surface area (Å²) in [6.45, 7) is 7.08. The zero-order valence-electron chi connectivity index (χ0n) is 19.0. The number of halogens is 1. The molecule has 1 N–H and O–H groups in total. The van der Waals surface area contributed by atoms with Crippen molar-refractivity contribution in [2.24, 2.45) is 23.7 Å². The highest BCUT2D eigenvalue weighted by Gasteiger charge is 2.32. The molecule has 2 heterocycles. The highest BCUT2D eigenvalue weighted by Crippen LogP contribution is 2.39. The van der Waals surface area contributed by atoms with Crippen molar-refractivity contribution < 1.29 is 13.6 Å². The van der Waals surface area contributed by atoms with Crippen LogP contribution >= 0.6 is 0 Å². The number of rotatable bonds is 7. The number of carbonyl (C=O) groups excluding carboxylic acids is 1. The molecule has 1 aromatic carbocycles. The molecule has 0 saturated carbocycles. The molecule has 1 aliphatic rings. The number of amides is 1. The van der Waals surface area contributed by atoms with Crippen molar-refractivity contribution in [3.05, 3.63) is 71.9 Å².